The minimum absolute atomic E-state index is 0.262. The van der Waals surface area contributed by atoms with Crippen LogP contribution in [-0.2, 0) is 6.54 Å². The maximum absolute atomic E-state index is 6.02. The lowest BCUT2D eigenvalue weighted by Crippen LogP contribution is -2.06. The van der Waals surface area contributed by atoms with Crippen molar-refractivity contribution >= 4 is 17.4 Å². The number of aromatic nitrogens is 2. The minimum atomic E-state index is 0.262. The molecule has 100 valence electrons. The fourth-order valence-electron chi connectivity index (χ4n) is 1.78. The maximum atomic E-state index is 6.02. The van der Waals surface area contributed by atoms with Crippen LogP contribution in [0.25, 0.3) is 0 Å². The average molecular weight is 276 g/mol. The van der Waals surface area contributed by atoms with Crippen LogP contribution in [0.15, 0.2) is 30.3 Å². The molecule has 0 saturated carbocycles. The first-order valence-corrected chi connectivity index (χ1v) is 6.77. The first-order valence-electron chi connectivity index (χ1n) is 6.39. The molecule has 0 aliphatic heterocycles. The molecule has 0 unspecified atom stereocenters. The zero-order chi connectivity index (χ0) is 13.8. The van der Waals surface area contributed by atoms with Crippen LogP contribution in [0.1, 0.15) is 36.7 Å². The molecule has 0 fully saturated rings. The number of hydrogen-bond donors (Lipinski definition) is 1. The third kappa shape index (κ3) is 3.67. The summed E-state index contributed by atoms with van der Waals surface area (Å²) in [6.45, 7) is 6.94. The molecule has 2 aromatic rings. The molecule has 0 bridgehead atoms. The number of benzene rings is 1. The van der Waals surface area contributed by atoms with Crippen molar-refractivity contribution < 1.29 is 0 Å². The number of rotatable bonds is 4. The molecule has 3 nitrogen and oxygen atoms in total. The summed E-state index contributed by atoms with van der Waals surface area (Å²) in [5, 5.41) is 3.78. The second-order valence-electron chi connectivity index (χ2n) is 4.87. The fraction of sp³-hybridized carbons (Fsp3) is 0.333. The van der Waals surface area contributed by atoms with Crippen molar-refractivity contribution in [2.45, 2.75) is 33.2 Å². The quantitative estimate of drug-likeness (QED) is 0.851. The van der Waals surface area contributed by atoms with Crippen LogP contribution in [0, 0.1) is 6.92 Å². The van der Waals surface area contributed by atoms with Crippen molar-refractivity contribution in [1.82, 2.24) is 9.97 Å². The van der Waals surface area contributed by atoms with Gasteiger partial charge in [-0.05, 0) is 18.1 Å². The van der Waals surface area contributed by atoms with Crippen molar-refractivity contribution in [3.05, 3.63) is 52.4 Å². The van der Waals surface area contributed by atoms with Gasteiger partial charge in [0.2, 0.25) is 0 Å². The van der Waals surface area contributed by atoms with Gasteiger partial charge in [-0.3, -0.25) is 0 Å². The lowest BCUT2D eigenvalue weighted by Gasteiger charge is -2.11. The second kappa shape index (κ2) is 6.02. The van der Waals surface area contributed by atoms with Crippen LogP contribution >= 0.6 is 11.6 Å². The van der Waals surface area contributed by atoms with E-state index in [-0.39, 0.29) is 5.92 Å². The molecule has 2 rings (SSSR count). The first kappa shape index (κ1) is 13.8. The molecule has 0 atom stereocenters. The van der Waals surface area contributed by atoms with Crippen LogP contribution in [0.2, 0.25) is 5.15 Å². The molecule has 0 saturated heterocycles. The second-order valence-corrected chi connectivity index (χ2v) is 5.26. The molecular formula is C15H18ClN3. The Morgan fingerprint density at radius 3 is 2.63 bits per heavy atom. The molecule has 1 N–H and O–H groups in total. The highest BCUT2D eigenvalue weighted by Gasteiger charge is 2.07. The number of halogens is 1. The van der Waals surface area contributed by atoms with E-state index in [4.69, 9.17) is 11.6 Å². The van der Waals surface area contributed by atoms with E-state index in [0.29, 0.717) is 5.15 Å². The summed E-state index contributed by atoms with van der Waals surface area (Å²) in [7, 11) is 0. The van der Waals surface area contributed by atoms with E-state index in [1.54, 1.807) is 6.07 Å². The third-order valence-electron chi connectivity index (χ3n) is 2.95. The summed E-state index contributed by atoms with van der Waals surface area (Å²) in [5.41, 5.74) is 2.52. The number of anilines is 1. The molecular weight excluding hydrogens is 258 g/mol. The van der Waals surface area contributed by atoms with Crippen LogP contribution in [-0.4, -0.2) is 9.97 Å². The standard InChI is InChI=1S/C15H18ClN3/c1-10(2)15-18-13(16)8-14(19-15)17-9-12-7-5-4-6-11(12)3/h4-8,10H,9H2,1-3H3,(H,17,18,19). The van der Waals surface area contributed by atoms with E-state index in [9.17, 15) is 0 Å². The van der Waals surface area contributed by atoms with Crippen LogP contribution in [0.4, 0.5) is 5.82 Å². The van der Waals surface area contributed by atoms with Crippen LogP contribution < -0.4 is 5.32 Å². The smallest absolute Gasteiger partial charge is 0.135 e. The molecule has 1 heterocycles. The monoisotopic (exact) mass is 275 g/mol. The molecule has 19 heavy (non-hydrogen) atoms. The Morgan fingerprint density at radius 1 is 1.21 bits per heavy atom. The zero-order valence-electron chi connectivity index (χ0n) is 11.4. The molecule has 0 aliphatic rings. The molecule has 1 aromatic carbocycles. The van der Waals surface area contributed by atoms with Gasteiger partial charge >= 0.3 is 0 Å². The Bertz CT molecular complexity index is 567. The summed E-state index contributed by atoms with van der Waals surface area (Å²) < 4.78 is 0. The summed E-state index contributed by atoms with van der Waals surface area (Å²) >= 11 is 6.02. The SMILES string of the molecule is Cc1ccccc1CNc1cc(Cl)nc(C(C)C)n1. The fourth-order valence-corrected chi connectivity index (χ4v) is 1.97. The molecule has 0 radical (unpaired) electrons. The lowest BCUT2D eigenvalue weighted by molar-refractivity contribution is 0.774. The number of nitrogens with zero attached hydrogens (tertiary/aromatic N) is 2. The van der Waals surface area contributed by atoms with Crippen molar-refractivity contribution in [2.75, 3.05) is 5.32 Å². The van der Waals surface area contributed by atoms with Gasteiger partial charge in [-0.15, -0.1) is 0 Å². The Kier molecular flexibility index (Phi) is 4.38. The first-order chi connectivity index (χ1) is 9.06. The molecule has 0 amide bonds. The van der Waals surface area contributed by atoms with E-state index in [2.05, 4.69) is 48.2 Å². The van der Waals surface area contributed by atoms with Gasteiger partial charge in [0.05, 0.1) is 0 Å². The Hall–Kier alpha value is -1.61. The average Bonchev–Trinajstić information content (AvgIpc) is 2.37. The van der Waals surface area contributed by atoms with E-state index < -0.39 is 0 Å². The van der Waals surface area contributed by atoms with Crippen molar-refractivity contribution in [1.29, 1.82) is 0 Å². The van der Waals surface area contributed by atoms with E-state index in [1.165, 1.54) is 11.1 Å². The molecule has 4 heteroatoms. The van der Waals surface area contributed by atoms with Gasteiger partial charge in [0, 0.05) is 18.5 Å². The Balaban J connectivity index is 2.14. The third-order valence-corrected chi connectivity index (χ3v) is 3.14. The predicted octanol–water partition coefficient (Wildman–Crippen LogP) is 4.17. The topological polar surface area (TPSA) is 37.8 Å². The summed E-state index contributed by atoms with van der Waals surface area (Å²) in [6.07, 6.45) is 0. The number of nitrogens with one attached hydrogen (secondary N) is 1. The Labute approximate surface area is 119 Å². The number of hydrogen-bond acceptors (Lipinski definition) is 3. The summed E-state index contributed by atoms with van der Waals surface area (Å²) in [4.78, 5) is 8.69. The maximum Gasteiger partial charge on any atom is 0.135 e. The summed E-state index contributed by atoms with van der Waals surface area (Å²) in [5.74, 6) is 1.80. The van der Waals surface area contributed by atoms with E-state index in [0.717, 1.165) is 18.2 Å². The molecule has 0 spiro atoms. The van der Waals surface area contributed by atoms with Gasteiger partial charge < -0.3 is 5.32 Å². The largest absolute Gasteiger partial charge is 0.366 e. The lowest BCUT2D eigenvalue weighted by atomic mass is 10.1. The van der Waals surface area contributed by atoms with Gasteiger partial charge in [-0.1, -0.05) is 49.7 Å². The van der Waals surface area contributed by atoms with Crippen LogP contribution in [0.5, 0.6) is 0 Å². The van der Waals surface area contributed by atoms with Crippen LogP contribution in [0.3, 0.4) is 0 Å². The van der Waals surface area contributed by atoms with Crippen molar-refractivity contribution in [3.63, 3.8) is 0 Å². The van der Waals surface area contributed by atoms with Gasteiger partial charge in [0.25, 0.3) is 0 Å². The van der Waals surface area contributed by atoms with Crippen molar-refractivity contribution in [2.24, 2.45) is 0 Å². The Morgan fingerprint density at radius 2 is 1.95 bits per heavy atom. The highest BCUT2D eigenvalue weighted by molar-refractivity contribution is 6.29. The summed E-state index contributed by atoms with van der Waals surface area (Å²) in [6, 6.07) is 10.0. The highest BCUT2D eigenvalue weighted by atomic mass is 35.5. The minimum Gasteiger partial charge on any atom is -0.366 e. The van der Waals surface area contributed by atoms with Gasteiger partial charge in [0.1, 0.15) is 16.8 Å². The van der Waals surface area contributed by atoms with E-state index >= 15 is 0 Å². The molecule has 0 aliphatic carbocycles. The zero-order valence-corrected chi connectivity index (χ0v) is 12.2. The van der Waals surface area contributed by atoms with Gasteiger partial charge in [-0.2, -0.15) is 0 Å². The van der Waals surface area contributed by atoms with E-state index in [1.807, 2.05) is 12.1 Å². The molecule has 1 aromatic heterocycles. The normalized spacial score (nSPS) is 10.8. The number of aryl methyl sites for hydroxylation is 1. The predicted molar refractivity (Wildman–Crippen MR) is 79.6 cm³/mol. The van der Waals surface area contributed by atoms with Crippen molar-refractivity contribution in [3.8, 4) is 0 Å². The highest BCUT2D eigenvalue weighted by Crippen LogP contribution is 2.18. The van der Waals surface area contributed by atoms with Gasteiger partial charge in [0.15, 0.2) is 0 Å². The van der Waals surface area contributed by atoms with Gasteiger partial charge in [-0.25, -0.2) is 9.97 Å².